The third-order valence-electron chi connectivity index (χ3n) is 4.93. The Kier molecular flexibility index (Phi) is 5.75. The minimum absolute atomic E-state index is 0.207. The first-order valence-electron chi connectivity index (χ1n) is 9.34. The highest BCUT2D eigenvalue weighted by Crippen LogP contribution is 2.23. The van der Waals surface area contributed by atoms with Gasteiger partial charge in [-0.15, -0.1) is 10.2 Å². The lowest BCUT2D eigenvalue weighted by Gasteiger charge is -2.34. The molecule has 1 fully saturated rings. The van der Waals surface area contributed by atoms with E-state index >= 15 is 0 Å². The molecule has 0 amide bonds. The van der Waals surface area contributed by atoms with Crippen LogP contribution in [0.1, 0.15) is 16.1 Å². The van der Waals surface area contributed by atoms with Crippen LogP contribution in [0.5, 0.6) is 0 Å². The number of halogens is 1. The molecule has 1 aromatic heterocycles. The van der Waals surface area contributed by atoms with E-state index in [0.29, 0.717) is 6.42 Å². The minimum atomic E-state index is -0.207. The average Bonchev–Trinajstić information content (AvgIpc) is 3.18. The van der Waals surface area contributed by atoms with Crippen LogP contribution in [0.3, 0.4) is 0 Å². The Morgan fingerprint density at radius 2 is 1.59 bits per heavy atom. The van der Waals surface area contributed by atoms with Gasteiger partial charge in [0.2, 0.25) is 5.13 Å². The molecule has 0 spiro atoms. The number of hydrogen-bond donors (Lipinski definition) is 0. The molecule has 6 heteroatoms. The molecule has 4 rings (SSSR count). The zero-order chi connectivity index (χ0) is 18.5. The monoisotopic (exact) mass is 382 g/mol. The molecule has 0 bridgehead atoms. The predicted octanol–water partition coefficient (Wildman–Crippen LogP) is 3.63. The smallest absolute Gasteiger partial charge is 0.208 e. The second-order valence-electron chi connectivity index (χ2n) is 6.85. The maximum Gasteiger partial charge on any atom is 0.208 e. The van der Waals surface area contributed by atoms with Gasteiger partial charge in [0.05, 0.1) is 0 Å². The van der Waals surface area contributed by atoms with Gasteiger partial charge in [-0.2, -0.15) is 0 Å². The molecule has 0 saturated carbocycles. The van der Waals surface area contributed by atoms with Crippen molar-refractivity contribution in [2.75, 3.05) is 37.6 Å². The molecule has 0 radical (unpaired) electrons. The van der Waals surface area contributed by atoms with Crippen molar-refractivity contribution >= 4 is 16.5 Å². The Bertz CT molecular complexity index is 842. The van der Waals surface area contributed by atoms with Crippen molar-refractivity contribution < 1.29 is 4.39 Å². The van der Waals surface area contributed by atoms with Crippen LogP contribution in [0.4, 0.5) is 9.52 Å². The highest BCUT2D eigenvalue weighted by molar-refractivity contribution is 7.15. The number of benzene rings is 2. The van der Waals surface area contributed by atoms with Crippen LogP contribution >= 0.6 is 11.3 Å². The summed E-state index contributed by atoms with van der Waals surface area (Å²) < 4.78 is 13.0. The highest BCUT2D eigenvalue weighted by atomic mass is 32.1. The van der Waals surface area contributed by atoms with Gasteiger partial charge < -0.3 is 4.90 Å². The molecule has 3 aromatic rings. The molecule has 0 aliphatic carbocycles. The highest BCUT2D eigenvalue weighted by Gasteiger charge is 2.20. The molecule has 4 nitrogen and oxygen atoms in total. The van der Waals surface area contributed by atoms with Crippen molar-refractivity contribution in [1.29, 1.82) is 0 Å². The van der Waals surface area contributed by atoms with Gasteiger partial charge in [0.1, 0.15) is 10.8 Å². The van der Waals surface area contributed by atoms with E-state index in [1.54, 1.807) is 11.3 Å². The van der Waals surface area contributed by atoms with Crippen molar-refractivity contribution in [2.24, 2.45) is 0 Å². The van der Waals surface area contributed by atoms with Gasteiger partial charge in [0.25, 0.3) is 0 Å². The zero-order valence-electron chi connectivity index (χ0n) is 15.2. The first kappa shape index (κ1) is 18.1. The van der Waals surface area contributed by atoms with E-state index in [1.165, 1.54) is 17.7 Å². The van der Waals surface area contributed by atoms with E-state index in [0.717, 1.165) is 54.8 Å². The van der Waals surface area contributed by atoms with Crippen LogP contribution < -0.4 is 4.90 Å². The standard InChI is InChI=1S/C21H23FN4S/c22-19-8-6-18(7-9-19)16-20-23-24-21(27-20)26-14-12-25(13-15-26)11-10-17-4-2-1-3-5-17/h1-9H,10-16H2. The summed E-state index contributed by atoms with van der Waals surface area (Å²) in [5, 5.41) is 10.7. The van der Waals surface area contributed by atoms with Gasteiger partial charge in [-0.25, -0.2) is 4.39 Å². The summed E-state index contributed by atoms with van der Waals surface area (Å²) in [5.41, 5.74) is 2.46. The molecule has 0 N–H and O–H groups in total. The summed E-state index contributed by atoms with van der Waals surface area (Å²) in [6.45, 7) is 5.18. The summed E-state index contributed by atoms with van der Waals surface area (Å²) in [4.78, 5) is 4.84. The van der Waals surface area contributed by atoms with Gasteiger partial charge in [-0.3, -0.25) is 4.90 Å². The Morgan fingerprint density at radius 1 is 0.852 bits per heavy atom. The number of piperazine rings is 1. The van der Waals surface area contributed by atoms with E-state index in [9.17, 15) is 4.39 Å². The van der Waals surface area contributed by atoms with Crippen molar-refractivity contribution in [2.45, 2.75) is 12.8 Å². The Balaban J connectivity index is 1.27. The van der Waals surface area contributed by atoms with Crippen molar-refractivity contribution in [3.05, 3.63) is 76.5 Å². The van der Waals surface area contributed by atoms with Crippen LogP contribution in [0, 0.1) is 5.82 Å². The molecular formula is C21H23FN4S. The molecule has 1 aliphatic rings. The van der Waals surface area contributed by atoms with Crippen LogP contribution in [0.15, 0.2) is 54.6 Å². The summed E-state index contributed by atoms with van der Waals surface area (Å²) in [5.74, 6) is -0.207. The Labute approximate surface area is 163 Å². The minimum Gasteiger partial charge on any atom is -0.344 e. The second kappa shape index (κ2) is 8.59. The maximum absolute atomic E-state index is 13.0. The fourth-order valence-corrected chi connectivity index (χ4v) is 4.24. The first-order chi connectivity index (χ1) is 13.3. The van der Waals surface area contributed by atoms with Crippen LogP contribution in [0.25, 0.3) is 0 Å². The number of hydrogen-bond acceptors (Lipinski definition) is 5. The topological polar surface area (TPSA) is 32.3 Å². The van der Waals surface area contributed by atoms with E-state index in [-0.39, 0.29) is 5.82 Å². The number of rotatable bonds is 6. The largest absolute Gasteiger partial charge is 0.344 e. The Hall–Kier alpha value is -2.31. The van der Waals surface area contributed by atoms with Gasteiger partial charge in [0, 0.05) is 39.1 Å². The van der Waals surface area contributed by atoms with Crippen LogP contribution in [-0.2, 0) is 12.8 Å². The average molecular weight is 383 g/mol. The fourth-order valence-electron chi connectivity index (χ4n) is 3.32. The van der Waals surface area contributed by atoms with E-state index < -0.39 is 0 Å². The van der Waals surface area contributed by atoms with E-state index in [2.05, 4.69) is 50.3 Å². The van der Waals surface area contributed by atoms with Gasteiger partial charge in [-0.1, -0.05) is 53.8 Å². The molecule has 0 atom stereocenters. The third kappa shape index (κ3) is 4.90. The van der Waals surface area contributed by atoms with E-state index in [1.807, 2.05) is 12.1 Å². The molecule has 2 aromatic carbocycles. The quantitative estimate of drug-likeness (QED) is 0.652. The zero-order valence-corrected chi connectivity index (χ0v) is 16.0. The molecule has 2 heterocycles. The molecular weight excluding hydrogens is 359 g/mol. The maximum atomic E-state index is 13.0. The van der Waals surface area contributed by atoms with Gasteiger partial charge in [0.15, 0.2) is 0 Å². The SMILES string of the molecule is Fc1ccc(Cc2nnc(N3CCN(CCc4ccccc4)CC3)s2)cc1. The molecule has 27 heavy (non-hydrogen) atoms. The molecule has 140 valence electrons. The number of anilines is 1. The molecule has 1 aliphatic heterocycles. The van der Waals surface area contributed by atoms with E-state index in [4.69, 9.17) is 0 Å². The Morgan fingerprint density at radius 3 is 2.33 bits per heavy atom. The lowest BCUT2D eigenvalue weighted by atomic mass is 10.1. The second-order valence-corrected chi connectivity index (χ2v) is 7.89. The molecule has 1 saturated heterocycles. The van der Waals surface area contributed by atoms with Crippen molar-refractivity contribution in [1.82, 2.24) is 15.1 Å². The number of aromatic nitrogens is 2. The lowest BCUT2D eigenvalue weighted by molar-refractivity contribution is 0.261. The number of nitrogens with zero attached hydrogens (tertiary/aromatic N) is 4. The summed E-state index contributed by atoms with van der Waals surface area (Å²) in [6, 6.07) is 17.3. The first-order valence-corrected chi connectivity index (χ1v) is 10.2. The fraction of sp³-hybridized carbons (Fsp3) is 0.333. The van der Waals surface area contributed by atoms with Crippen LogP contribution in [-0.4, -0.2) is 47.8 Å². The van der Waals surface area contributed by atoms with Crippen molar-refractivity contribution in [3.63, 3.8) is 0 Å². The normalized spacial score (nSPS) is 15.2. The van der Waals surface area contributed by atoms with Crippen molar-refractivity contribution in [3.8, 4) is 0 Å². The summed E-state index contributed by atoms with van der Waals surface area (Å²) in [6.07, 6.45) is 1.80. The summed E-state index contributed by atoms with van der Waals surface area (Å²) in [7, 11) is 0. The predicted molar refractivity (Wildman–Crippen MR) is 108 cm³/mol. The van der Waals surface area contributed by atoms with Gasteiger partial charge in [-0.05, 0) is 29.7 Å². The van der Waals surface area contributed by atoms with Crippen LogP contribution in [0.2, 0.25) is 0 Å². The molecule has 0 unspecified atom stereocenters. The van der Waals surface area contributed by atoms with Gasteiger partial charge >= 0.3 is 0 Å². The summed E-state index contributed by atoms with van der Waals surface area (Å²) >= 11 is 1.64. The third-order valence-corrected chi connectivity index (χ3v) is 5.91. The lowest BCUT2D eigenvalue weighted by Crippen LogP contribution is -2.47.